The molecular weight excluding hydrogens is 1300 g/mol. The highest BCUT2D eigenvalue weighted by Crippen LogP contribution is 2.45. The van der Waals surface area contributed by atoms with E-state index in [0.29, 0.717) is 59.0 Å². The molecule has 13 aromatic heterocycles. The zero-order valence-corrected chi connectivity index (χ0v) is 57.1. The minimum atomic E-state index is 0.104. The first kappa shape index (κ1) is 59.6. The van der Waals surface area contributed by atoms with Crippen LogP contribution in [0.5, 0.6) is 5.75 Å². The molecule has 94 heavy (non-hydrogen) atoms. The fourth-order valence-corrected chi connectivity index (χ4v) is 20.7. The lowest BCUT2D eigenvalue weighted by Gasteiger charge is -2.39. The van der Waals surface area contributed by atoms with E-state index in [4.69, 9.17) is 34.9 Å². The Balaban J connectivity index is 0.000000107. The second-order valence-corrected chi connectivity index (χ2v) is 31.3. The van der Waals surface area contributed by atoms with E-state index in [9.17, 15) is 5.11 Å². The number of aromatic hydroxyl groups is 1. The van der Waals surface area contributed by atoms with E-state index in [0.717, 1.165) is 135 Å². The summed E-state index contributed by atoms with van der Waals surface area (Å²) in [5.74, 6) is 0.104. The van der Waals surface area contributed by atoms with Gasteiger partial charge in [0.2, 0.25) is 0 Å². The van der Waals surface area contributed by atoms with Crippen molar-refractivity contribution in [2.24, 2.45) is 0 Å². The van der Waals surface area contributed by atoms with Crippen molar-refractivity contribution in [3.63, 3.8) is 0 Å². The third kappa shape index (κ3) is 11.2. The standard InChI is InChI=1S/C23H23N7S2.C22H22N8S2.C20H23N7OS2/c1-30(15-8-13-2-3-14(9-15)27-13)23-29-22-21(32-23)28-20(31-22)18-5-4-16(12-10-25-26-11-12)17-6-7-24-19(17)18;1-30(14-6-12-2-3-13(7-14)27-12)22-29-21-20(32-22)28-19(31-21)18-17-15(4-5-23-17)16(10-24-18)11-8-25-26-9-11;1-11-6-14(4-5-26(11)2)27(3)20-25-19-18(30-20)24-17(29-19)16-15(28)7-12(8-21-16)13-9-22-23-10-13/h4-7,10-11,13-15,24,27H,2-3,8-9H2,1H3,(H,25,26);4-5,8-10,12-14,23,27H,2-3,6-7H2,1H3,(H,25,26);7-11,14,28H,4-6H2,1-3H3,(H,22,23)/t13-,14+,15?;12-,13+,14?;. The van der Waals surface area contributed by atoms with Crippen molar-refractivity contribution in [3.8, 4) is 71.1 Å². The molecule has 18 heterocycles. The third-order valence-electron chi connectivity index (χ3n) is 19.8. The van der Waals surface area contributed by atoms with Crippen molar-refractivity contribution in [1.82, 2.24) is 96.0 Å². The number of H-pyrrole nitrogens is 5. The molecule has 480 valence electrons. The van der Waals surface area contributed by atoms with Crippen LogP contribution in [-0.2, 0) is 0 Å². The fourth-order valence-electron chi connectivity index (χ4n) is 14.4. The van der Waals surface area contributed by atoms with Gasteiger partial charge in [-0.1, -0.05) is 74.1 Å². The maximum atomic E-state index is 10.5. The largest absolute Gasteiger partial charge is 0.506 e. The molecule has 5 fully saturated rings. The number of aromatic amines is 5. The molecule has 0 saturated carbocycles. The molecule has 0 amide bonds. The van der Waals surface area contributed by atoms with Crippen molar-refractivity contribution >= 4 is 134 Å². The van der Waals surface area contributed by atoms with E-state index >= 15 is 0 Å². The van der Waals surface area contributed by atoms with Gasteiger partial charge in [-0.2, -0.15) is 15.3 Å². The number of rotatable bonds is 12. The number of hydrogen-bond donors (Lipinski definition) is 8. The van der Waals surface area contributed by atoms with Gasteiger partial charge in [0, 0.05) is 164 Å². The van der Waals surface area contributed by atoms with Crippen molar-refractivity contribution in [1.29, 1.82) is 0 Å². The van der Waals surface area contributed by atoms with E-state index in [-0.39, 0.29) is 5.75 Å². The number of piperidine rings is 3. The van der Waals surface area contributed by atoms with Crippen LogP contribution in [0.3, 0.4) is 0 Å². The van der Waals surface area contributed by atoms with Gasteiger partial charge in [-0.05, 0) is 108 Å². The number of aromatic nitrogens is 16. The minimum absolute atomic E-state index is 0.104. The Hall–Kier alpha value is -8.13. The molecular formula is C65H68N22OS6. The highest BCUT2D eigenvalue weighted by atomic mass is 32.1. The van der Waals surface area contributed by atoms with Crippen LogP contribution in [0.1, 0.15) is 71.1 Å². The van der Waals surface area contributed by atoms with Crippen LogP contribution in [0, 0.1) is 0 Å². The van der Waals surface area contributed by atoms with Crippen molar-refractivity contribution in [3.05, 3.63) is 92.3 Å². The maximum Gasteiger partial charge on any atom is 0.188 e. The van der Waals surface area contributed by atoms with Crippen LogP contribution in [0.4, 0.5) is 15.4 Å². The van der Waals surface area contributed by atoms with Gasteiger partial charge in [0.25, 0.3) is 0 Å². The van der Waals surface area contributed by atoms with E-state index in [1.54, 1.807) is 81.3 Å². The zero-order chi connectivity index (χ0) is 63.3. The van der Waals surface area contributed by atoms with Gasteiger partial charge in [0.05, 0.1) is 29.6 Å². The zero-order valence-electron chi connectivity index (χ0n) is 52.2. The predicted molar refractivity (Wildman–Crippen MR) is 382 cm³/mol. The van der Waals surface area contributed by atoms with Gasteiger partial charge in [-0.15, -0.1) is 0 Å². The Morgan fingerprint density at radius 1 is 0.468 bits per heavy atom. The molecule has 1 aromatic carbocycles. The smallest absolute Gasteiger partial charge is 0.188 e. The fraction of sp³-hybridized carbons (Fsp3) is 0.369. The third-order valence-corrected chi connectivity index (χ3v) is 26.2. The molecule has 5 saturated heterocycles. The number of thiazole rings is 6. The van der Waals surface area contributed by atoms with Gasteiger partial charge in [0.15, 0.2) is 44.4 Å². The highest BCUT2D eigenvalue weighted by molar-refractivity contribution is 7.31. The summed E-state index contributed by atoms with van der Waals surface area (Å²) in [4.78, 5) is 60.7. The van der Waals surface area contributed by atoms with Crippen LogP contribution in [0.25, 0.3) is 116 Å². The van der Waals surface area contributed by atoms with Crippen LogP contribution in [0.15, 0.2) is 92.3 Å². The average Bonchev–Trinajstić information content (AvgIpc) is 1.67. The Morgan fingerprint density at radius 3 is 1.47 bits per heavy atom. The topological polar surface area (TPSA) is 278 Å². The van der Waals surface area contributed by atoms with Crippen molar-refractivity contribution in [2.45, 2.75) is 119 Å². The number of nitrogens with one attached hydrogen (secondary N) is 7. The second-order valence-electron chi connectivity index (χ2n) is 25.5. The lowest BCUT2D eigenvalue weighted by atomic mass is 9.98. The van der Waals surface area contributed by atoms with Crippen molar-refractivity contribution in [2.75, 3.05) is 49.4 Å². The molecule has 0 spiro atoms. The van der Waals surface area contributed by atoms with Crippen LogP contribution in [-0.4, -0.2) is 174 Å². The first-order valence-electron chi connectivity index (χ1n) is 31.9. The first-order chi connectivity index (χ1) is 45.9. The molecule has 4 bridgehead atoms. The van der Waals surface area contributed by atoms with Crippen LogP contribution in [0.2, 0.25) is 0 Å². The Kier molecular flexibility index (Phi) is 15.6. The number of likely N-dealkylation sites (tertiary alicyclic amines) is 1. The summed E-state index contributed by atoms with van der Waals surface area (Å²) in [6.07, 6.45) is 30.9. The minimum Gasteiger partial charge on any atom is -0.506 e. The molecule has 5 aliphatic heterocycles. The maximum absolute atomic E-state index is 10.5. The first-order valence-corrected chi connectivity index (χ1v) is 36.8. The number of pyridine rings is 2. The van der Waals surface area contributed by atoms with Gasteiger partial charge >= 0.3 is 0 Å². The van der Waals surface area contributed by atoms with Gasteiger partial charge in [0.1, 0.15) is 32.2 Å². The van der Waals surface area contributed by atoms with Crippen molar-refractivity contribution < 1.29 is 5.11 Å². The summed E-state index contributed by atoms with van der Waals surface area (Å²) in [5.41, 5.74) is 10.6. The molecule has 14 aromatic rings. The summed E-state index contributed by atoms with van der Waals surface area (Å²) in [7, 11) is 8.72. The number of nitrogens with zero attached hydrogens (tertiary/aromatic N) is 15. The Labute approximate surface area is 563 Å². The summed E-state index contributed by atoms with van der Waals surface area (Å²) < 4.78 is 0. The summed E-state index contributed by atoms with van der Waals surface area (Å²) in [6, 6.07) is 15.1. The van der Waals surface area contributed by atoms with Gasteiger partial charge in [-0.3, -0.25) is 20.3 Å². The molecule has 8 N–H and O–H groups in total. The molecule has 19 rings (SSSR count). The van der Waals surface area contributed by atoms with E-state index < -0.39 is 0 Å². The lowest BCUT2D eigenvalue weighted by Crippen LogP contribution is -2.47. The lowest BCUT2D eigenvalue weighted by molar-refractivity contribution is 0.181. The van der Waals surface area contributed by atoms with Gasteiger partial charge < -0.3 is 45.3 Å². The molecule has 8 atom stereocenters. The number of fused-ring (bicyclic) bond motifs is 9. The molecule has 5 aliphatic rings. The van der Waals surface area contributed by atoms with Crippen LogP contribution < -0.4 is 25.3 Å². The number of benzene rings is 1. The SMILES string of the molecule is CC1CC(N(C)c2nc3sc(-c4ncc(-c5cn[nH]c5)cc4O)nc3s2)CCN1C.CN(c1nc2sc(-c3ccc(-c4cn[nH]c4)c4cc[nH]c34)nc2s1)C1C[C@H]2CC[C@@H](C1)N2.CN(c1nc2sc(-c3ncc(-c4cn[nH]c4)c4cc[nH]c34)nc2s1)C1C[C@H]2CC[C@@H](C1)N2. The van der Waals surface area contributed by atoms with Crippen LogP contribution >= 0.6 is 68.0 Å². The Bertz CT molecular complexity index is 4640. The predicted octanol–water partition coefficient (Wildman–Crippen LogP) is 13.2. The highest BCUT2D eigenvalue weighted by Gasteiger charge is 2.38. The van der Waals surface area contributed by atoms with E-state index in [1.807, 2.05) is 43.4 Å². The average molecular weight is 1370 g/mol. The molecule has 0 radical (unpaired) electrons. The summed E-state index contributed by atoms with van der Waals surface area (Å²) in [6.45, 7) is 3.39. The summed E-state index contributed by atoms with van der Waals surface area (Å²) >= 11 is 9.77. The molecule has 0 aliphatic carbocycles. The Morgan fingerprint density at radius 2 is 0.936 bits per heavy atom. The second kappa shape index (κ2) is 24.6. The summed E-state index contributed by atoms with van der Waals surface area (Å²) in [5, 5.41) is 46.7. The van der Waals surface area contributed by atoms with E-state index in [2.05, 4.69) is 135 Å². The normalized spacial score (nSPS) is 22.0. The monoisotopic (exact) mass is 1360 g/mol. The molecule has 29 heteroatoms. The van der Waals surface area contributed by atoms with E-state index in [1.165, 1.54) is 68.1 Å². The number of hydrogen-bond acceptors (Lipinski definition) is 24. The van der Waals surface area contributed by atoms with Gasteiger partial charge in [-0.25, -0.2) is 34.9 Å². The number of anilines is 3. The molecule has 4 unspecified atom stereocenters. The molecule has 23 nitrogen and oxygen atoms in total. The quantitative estimate of drug-likeness (QED) is 0.0564.